The van der Waals surface area contributed by atoms with E-state index in [9.17, 15) is 14.4 Å². The number of hydrogen-bond acceptors (Lipinski definition) is 7. The van der Waals surface area contributed by atoms with Crippen LogP contribution in [-0.4, -0.2) is 57.9 Å². The molecule has 0 N–H and O–H groups in total. The number of hydrogen-bond donors (Lipinski definition) is 0. The molecule has 1 aromatic rings. The minimum Gasteiger partial charge on any atom is -0.469 e. The van der Waals surface area contributed by atoms with Crippen LogP contribution in [0.25, 0.3) is 0 Å². The zero-order valence-electron chi connectivity index (χ0n) is 13.0. The predicted molar refractivity (Wildman–Crippen MR) is 80.0 cm³/mol. The summed E-state index contributed by atoms with van der Waals surface area (Å²) in [5.74, 6) is -1.92. The molecule has 0 spiro atoms. The predicted octanol–water partition coefficient (Wildman–Crippen LogP) is 1.01. The Morgan fingerprint density at radius 3 is 2.13 bits per heavy atom. The van der Waals surface area contributed by atoms with E-state index in [0.717, 1.165) is 0 Å². The van der Waals surface area contributed by atoms with Crippen LogP contribution in [0.3, 0.4) is 0 Å². The fraction of sp³-hybridized carbons (Fsp3) is 0.438. The van der Waals surface area contributed by atoms with Crippen molar-refractivity contribution in [1.29, 1.82) is 0 Å². The molecule has 0 atom stereocenters. The molecule has 0 bridgehead atoms. The van der Waals surface area contributed by atoms with Crippen molar-refractivity contribution in [2.24, 2.45) is 0 Å². The zero-order valence-corrected chi connectivity index (χ0v) is 13.0. The number of rotatable bonds is 11. The lowest BCUT2D eigenvalue weighted by molar-refractivity contribution is -0.141. The molecular weight excluding hydrogens is 304 g/mol. The van der Waals surface area contributed by atoms with Gasteiger partial charge in [0.25, 0.3) is 5.78 Å². The summed E-state index contributed by atoms with van der Waals surface area (Å²) in [4.78, 5) is 34.0. The molecule has 7 nitrogen and oxygen atoms in total. The molecule has 0 saturated carbocycles. The summed E-state index contributed by atoms with van der Waals surface area (Å²) in [6.45, 7) is 1.02. The van der Waals surface area contributed by atoms with Gasteiger partial charge in [0.2, 0.25) is 0 Å². The van der Waals surface area contributed by atoms with Gasteiger partial charge in [-0.3, -0.25) is 9.59 Å². The molecule has 0 aliphatic rings. The van der Waals surface area contributed by atoms with E-state index in [2.05, 4.69) is 4.74 Å². The number of carbonyl (C=O) groups excluding carboxylic acids is 3. The fourth-order valence-electron chi connectivity index (χ4n) is 1.55. The smallest absolute Gasteiger partial charge is 0.379 e. The maximum Gasteiger partial charge on any atom is 0.379 e. The third-order valence-corrected chi connectivity index (χ3v) is 2.73. The van der Waals surface area contributed by atoms with Crippen LogP contribution in [0, 0.1) is 0 Å². The maximum absolute atomic E-state index is 11.7. The quantitative estimate of drug-likeness (QED) is 0.260. The van der Waals surface area contributed by atoms with Crippen LogP contribution in [0.1, 0.15) is 16.8 Å². The van der Waals surface area contributed by atoms with Gasteiger partial charge < -0.3 is 18.9 Å². The fourth-order valence-corrected chi connectivity index (χ4v) is 1.55. The topological polar surface area (TPSA) is 88.1 Å². The Morgan fingerprint density at radius 2 is 1.48 bits per heavy atom. The first-order valence-corrected chi connectivity index (χ1v) is 7.14. The van der Waals surface area contributed by atoms with Crippen molar-refractivity contribution >= 4 is 17.7 Å². The first-order valence-electron chi connectivity index (χ1n) is 7.14. The summed E-state index contributed by atoms with van der Waals surface area (Å²) in [6.07, 6.45) is 0.190. The van der Waals surface area contributed by atoms with E-state index in [-0.39, 0.29) is 37.8 Å². The summed E-state index contributed by atoms with van der Waals surface area (Å²) in [5, 5.41) is 0. The number of methoxy groups -OCH3 is 1. The van der Waals surface area contributed by atoms with Crippen molar-refractivity contribution in [2.75, 3.05) is 40.1 Å². The molecule has 0 radical (unpaired) electrons. The third-order valence-electron chi connectivity index (χ3n) is 2.73. The number of ketones is 1. The van der Waals surface area contributed by atoms with Crippen molar-refractivity contribution < 1.29 is 33.3 Å². The Balaban J connectivity index is 2.01. The largest absolute Gasteiger partial charge is 0.469 e. The zero-order chi connectivity index (χ0) is 16.9. The van der Waals surface area contributed by atoms with Gasteiger partial charge in [-0.2, -0.15) is 0 Å². The van der Waals surface area contributed by atoms with Gasteiger partial charge in [0.05, 0.1) is 40.0 Å². The van der Waals surface area contributed by atoms with Gasteiger partial charge in [-0.05, 0) is 0 Å². The molecule has 1 aromatic carbocycles. The van der Waals surface area contributed by atoms with Crippen LogP contribution in [0.4, 0.5) is 0 Å². The van der Waals surface area contributed by atoms with Crippen LogP contribution in [0.5, 0.6) is 0 Å². The Hall–Kier alpha value is -2.25. The van der Waals surface area contributed by atoms with Crippen LogP contribution < -0.4 is 0 Å². The summed E-state index contributed by atoms with van der Waals surface area (Å²) >= 11 is 0. The highest BCUT2D eigenvalue weighted by Crippen LogP contribution is 2.01. The average Bonchev–Trinajstić information content (AvgIpc) is 2.59. The van der Waals surface area contributed by atoms with E-state index >= 15 is 0 Å². The highest BCUT2D eigenvalue weighted by molar-refractivity contribution is 6.40. The van der Waals surface area contributed by atoms with Gasteiger partial charge >= 0.3 is 11.9 Å². The molecule has 0 aliphatic heterocycles. The summed E-state index contributed by atoms with van der Waals surface area (Å²) in [5.41, 5.74) is 0.289. The van der Waals surface area contributed by atoms with E-state index in [1.54, 1.807) is 30.3 Å². The molecule has 0 unspecified atom stereocenters. The molecule has 0 amide bonds. The van der Waals surface area contributed by atoms with Crippen LogP contribution >= 0.6 is 0 Å². The summed E-state index contributed by atoms with van der Waals surface area (Å²) < 4.78 is 19.6. The lowest BCUT2D eigenvalue weighted by atomic mass is 10.1. The molecule has 0 aliphatic carbocycles. The summed E-state index contributed by atoms with van der Waals surface area (Å²) in [7, 11) is 1.31. The van der Waals surface area contributed by atoms with Crippen molar-refractivity contribution in [3.63, 3.8) is 0 Å². The Labute approximate surface area is 134 Å². The minimum atomic E-state index is -0.908. The molecule has 0 saturated heterocycles. The Morgan fingerprint density at radius 1 is 0.870 bits per heavy atom. The highest BCUT2D eigenvalue weighted by atomic mass is 16.6. The monoisotopic (exact) mass is 324 g/mol. The maximum atomic E-state index is 11.7. The SMILES string of the molecule is COC(=O)CCOCCOCCOC(=O)C(=O)c1ccccc1. The van der Waals surface area contributed by atoms with E-state index in [1.165, 1.54) is 7.11 Å². The molecule has 23 heavy (non-hydrogen) atoms. The van der Waals surface area contributed by atoms with Crippen molar-refractivity contribution in [3.05, 3.63) is 35.9 Å². The van der Waals surface area contributed by atoms with Crippen LogP contribution in [-0.2, 0) is 28.5 Å². The van der Waals surface area contributed by atoms with Gasteiger partial charge in [-0.1, -0.05) is 30.3 Å². The van der Waals surface area contributed by atoms with Crippen molar-refractivity contribution in [3.8, 4) is 0 Å². The average molecular weight is 324 g/mol. The minimum absolute atomic E-state index is 0.0143. The van der Waals surface area contributed by atoms with E-state index < -0.39 is 11.8 Å². The second-order valence-electron chi connectivity index (χ2n) is 4.38. The van der Waals surface area contributed by atoms with Gasteiger partial charge in [-0.15, -0.1) is 0 Å². The van der Waals surface area contributed by atoms with Gasteiger partial charge in [-0.25, -0.2) is 4.79 Å². The molecule has 0 heterocycles. The number of benzene rings is 1. The first-order chi connectivity index (χ1) is 11.1. The number of esters is 2. The van der Waals surface area contributed by atoms with Crippen LogP contribution in [0.2, 0.25) is 0 Å². The normalized spacial score (nSPS) is 10.1. The molecular formula is C16H20O7. The molecule has 0 fully saturated rings. The van der Waals surface area contributed by atoms with Crippen LogP contribution in [0.15, 0.2) is 30.3 Å². The van der Waals surface area contributed by atoms with E-state index in [1.807, 2.05) is 0 Å². The number of carbonyl (C=O) groups is 3. The van der Waals surface area contributed by atoms with Crippen molar-refractivity contribution in [1.82, 2.24) is 0 Å². The van der Waals surface area contributed by atoms with Gasteiger partial charge in [0, 0.05) is 5.56 Å². The van der Waals surface area contributed by atoms with E-state index in [4.69, 9.17) is 14.2 Å². The molecule has 7 heteroatoms. The third kappa shape index (κ3) is 8.08. The Bertz CT molecular complexity index is 498. The standard InChI is InChI=1S/C16H20O7/c1-20-14(17)7-8-21-9-10-22-11-12-23-16(19)15(18)13-5-3-2-4-6-13/h2-6H,7-12H2,1H3. The second kappa shape index (κ2) is 11.3. The molecule has 1 rings (SSSR count). The highest BCUT2D eigenvalue weighted by Gasteiger charge is 2.16. The molecule has 126 valence electrons. The lowest BCUT2D eigenvalue weighted by Crippen LogP contribution is -2.20. The lowest BCUT2D eigenvalue weighted by Gasteiger charge is -2.06. The summed E-state index contributed by atoms with van der Waals surface area (Å²) in [6, 6.07) is 8.19. The first kappa shape index (κ1) is 18.8. The second-order valence-corrected chi connectivity index (χ2v) is 4.38. The van der Waals surface area contributed by atoms with Gasteiger partial charge in [0.1, 0.15) is 6.61 Å². The number of ether oxygens (including phenoxy) is 4. The van der Waals surface area contributed by atoms with Gasteiger partial charge in [0.15, 0.2) is 0 Å². The Kier molecular flexibility index (Phi) is 9.26. The number of Topliss-reactive ketones (excluding diaryl/α,β-unsaturated/α-hetero) is 1. The molecule has 0 aromatic heterocycles. The van der Waals surface area contributed by atoms with Crippen molar-refractivity contribution in [2.45, 2.75) is 6.42 Å². The van der Waals surface area contributed by atoms with E-state index in [0.29, 0.717) is 13.2 Å².